The van der Waals surface area contributed by atoms with Gasteiger partial charge in [0, 0.05) is 18.9 Å². The molecule has 2 heterocycles. The summed E-state index contributed by atoms with van der Waals surface area (Å²) in [6.07, 6.45) is 2.46. The lowest BCUT2D eigenvalue weighted by atomic mass is 10.2. The molecule has 0 aromatic carbocycles. The fourth-order valence-electron chi connectivity index (χ4n) is 1.41. The van der Waals surface area contributed by atoms with Crippen LogP contribution in [-0.4, -0.2) is 34.5 Å². The van der Waals surface area contributed by atoms with Crippen molar-refractivity contribution >= 4 is 23.6 Å². The van der Waals surface area contributed by atoms with Crippen molar-refractivity contribution in [2.45, 2.75) is 18.7 Å². The lowest BCUT2D eigenvalue weighted by Crippen LogP contribution is -2.49. The Morgan fingerprint density at radius 3 is 3.21 bits per heavy atom. The highest BCUT2D eigenvalue weighted by molar-refractivity contribution is 8.00. The lowest BCUT2D eigenvalue weighted by molar-refractivity contribution is -0.139. The van der Waals surface area contributed by atoms with Gasteiger partial charge in [-0.25, -0.2) is 0 Å². The number of hydrogen-bond donors (Lipinski definition) is 0. The van der Waals surface area contributed by atoms with Crippen LogP contribution >= 0.6 is 11.8 Å². The van der Waals surface area contributed by atoms with Gasteiger partial charge in [0.2, 0.25) is 5.91 Å². The Hall–Kier alpha value is -0.970. The second kappa shape index (κ2) is 3.65. The van der Waals surface area contributed by atoms with Gasteiger partial charge in [0.05, 0.1) is 11.8 Å². The van der Waals surface area contributed by atoms with E-state index in [1.54, 1.807) is 16.7 Å². The van der Waals surface area contributed by atoms with E-state index in [1.165, 1.54) is 6.92 Å². The molecule has 2 rings (SSSR count). The van der Waals surface area contributed by atoms with E-state index in [1.807, 2.05) is 6.20 Å². The Morgan fingerprint density at radius 2 is 2.57 bits per heavy atom. The third-order valence-electron chi connectivity index (χ3n) is 2.19. The molecule has 5 heteroatoms. The molecule has 2 aliphatic heterocycles. The maximum atomic E-state index is 11.1. The van der Waals surface area contributed by atoms with Crippen LogP contribution in [0.2, 0.25) is 0 Å². The van der Waals surface area contributed by atoms with E-state index in [9.17, 15) is 9.59 Å². The molecule has 1 amide bonds. The lowest BCUT2D eigenvalue weighted by Gasteiger charge is -2.40. The van der Waals surface area contributed by atoms with Crippen molar-refractivity contribution in [1.82, 2.24) is 4.90 Å². The van der Waals surface area contributed by atoms with E-state index >= 15 is 0 Å². The second-order valence-corrected chi connectivity index (χ2v) is 4.50. The summed E-state index contributed by atoms with van der Waals surface area (Å²) in [7, 11) is 0. The van der Waals surface area contributed by atoms with E-state index in [0.29, 0.717) is 18.4 Å². The minimum atomic E-state index is -0.284. The molecule has 0 bridgehead atoms. The van der Waals surface area contributed by atoms with Crippen LogP contribution in [-0.2, 0) is 14.3 Å². The molecule has 0 N–H and O–H groups in total. The van der Waals surface area contributed by atoms with Gasteiger partial charge in [-0.15, -0.1) is 11.8 Å². The number of carbonyl (C=O) groups is 2. The summed E-state index contributed by atoms with van der Waals surface area (Å²) in [5.74, 6) is 0.720. The van der Waals surface area contributed by atoms with Crippen molar-refractivity contribution in [3.8, 4) is 0 Å². The maximum absolute atomic E-state index is 11.1. The molecule has 0 aliphatic carbocycles. The third kappa shape index (κ3) is 1.77. The average Bonchev–Trinajstić information content (AvgIpc) is 2.14. The van der Waals surface area contributed by atoms with Gasteiger partial charge in [0.25, 0.3) is 0 Å². The van der Waals surface area contributed by atoms with E-state index < -0.39 is 0 Å². The number of esters is 1. The molecule has 0 spiro atoms. The molecule has 2 aliphatic rings. The summed E-state index contributed by atoms with van der Waals surface area (Å²) < 4.78 is 4.87. The molecule has 1 atom stereocenters. The van der Waals surface area contributed by atoms with Gasteiger partial charge in [0.15, 0.2) is 0 Å². The molecule has 76 valence electrons. The van der Waals surface area contributed by atoms with E-state index in [0.717, 1.165) is 11.3 Å². The fourth-order valence-corrected chi connectivity index (χ4v) is 2.57. The SMILES string of the molecule is CC(=O)OCC1=CN2C(=O)C[C@@H]2SC1. The van der Waals surface area contributed by atoms with Crippen LogP contribution in [0.5, 0.6) is 0 Å². The van der Waals surface area contributed by atoms with Gasteiger partial charge in [-0.2, -0.15) is 0 Å². The number of ether oxygens (including phenoxy) is 1. The number of nitrogens with zero attached hydrogens (tertiary/aromatic N) is 1. The van der Waals surface area contributed by atoms with Gasteiger partial charge in [0.1, 0.15) is 6.61 Å². The summed E-state index contributed by atoms with van der Waals surface area (Å²) in [6, 6.07) is 0. The van der Waals surface area contributed by atoms with Crippen LogP contribution in [0.3, 0.4) is 0 Å². The number of carbonyl (C=O) groups excluding carboxylic acids is 2. The van der Waals surface area contributed by atoms with Crippen molar-refractivity contribution < 1.29 is 14.3 Å². The summed E-state index contributed by atoms with van der Waals surface area (Å²) >= 11 is 1.72. The molecule has 14 heavy (non-hydrogen) atoms. The first kappa shape index (κ1) is 9.58. The minimum absolute atomic E-state index is 0.155. The van der Waals surface area contributed by atoms with Gasteiger partial charge >= 0.3 is 5.97 Å². The molecule has 0 aromatic heterocycles. The second-order valence-electron chi connectivity index (χ2n) is 3.34. The number of fused-ring (bicyclic) bond motifs is 1. The van der Waals surface area contributed by atoms with E-state index in [4.69, 9.17) is 4.74 Å². The minimum Gasteiger partial charge on any atom is -0.461 e. The highest BCUT2D eigenvalue weighted by atomic mass is 32.2. The van der Waals surface area contributed by atoms with Gasteiger partial charge < -0.3 is 9.64 Å². The Labute approximate surface area is 86.3 Å². The van der Waals surface area contributed by atoms with Crippen molar-refractivity contribution in [3.05, 3.63) is 11.8 Å². The van der Waals surface area contributed by atoms with Crippen LogP contribution in [0.1, 0.15) is 13.3 Å². The van der Waals surface area contributed by atoms with Crippen LogP contribution < -0.4 is 0 Å². The monoisotopic (exact) mass is 213 g/mol. The fraction of sp³-hybridized carbons (Fsp3) is 0.556. The normalized spacial score (nSPS) is 24.9. The third-order valence-corrected chi connectivity index (χ3v) is 3.51. The molecular formula is C9H11NO3S. The molecular weight excluding hydrogens is 202 g/mol. The van der Waals surface area contributed by atoms with Crippen molar-refractivity contribution in [1.29, 1.82) is 0 Å². The van der Waals surface area contributed by atoms with Crippen LogP contribution in [0.25, 0.3) is 0 Å². The number of amides is 1. The van der Waals surface area contributed by atoms with Crippen molar-refractivity contribution in [2.75, 3.05) is 12.4 Å². The number of hydrogen-bond acceptors (Lipinski definition) is 4. The predicted octanol–water partition coefficient (Wildman–Crippen LogP) is 0.739. The zero-order valence-electron chi connectivity index (χ0n) is 7.86. The van der Waals surface area contributed by atoms with Crippen LogP contribution in [0.4, 0.5) is 0 Å². The van der Waals surface area contributed by atoms with Crippen molar-refractivity contribution in [2.24, 2.45) is 0 Å². The topological polar surface area (TPSA) is 46.6 Å². The van der Waals surface area contributed by atoms with Gasteiger partial charge in [-0.1, -0.05) is 0 Å². The first-order chi connectivity index (χ1) is 6.66. The number of β-lactam (4-membered cyclic amide) rings is 1. The van der Waals surface area contributed by atoms with E-state index in [2.05, 4.69) is 0 Å². The average molecular weight is 213 g/mol. The number of thioether (sulfide) groups is 1. The van der Waals surface area contributed by atoms with Crippen LogP contribution in [0.15, 0.2) is 11.8 Å². The summed E-state index contributed by atoms with van der Waals surface area (Å²) in [5, 5.41) is 0.323. The molecule has 0 unspecified atom stereocenters. The van der Waals surface area contributed by atoms with Gasteiger partial charge in [-0.3, -0.25) is 9.59 Å². The van der Waals surface area contributed by atoms with E-state index in [-0.39, 0.29) is 11.9 Å². The number of rotatable bonds is 2. The molecule has 1 fully saturated rings. The zero-order chi connectivity index (χ0) is 10.1. The summed E-state index contributed by atoms with van der Waals surface area (Å²) in [5.41, 5.74) is 0.995. The predicted molar refractivity (Wildman–Crippen MR) is 52.4 cm³/mol. The Balaban J connectivity index is 1.93. The first-order valence-corrected chi connectivity index (χ1v) is 5.47. The maximum Gasteiger partial charge on any atom is 0.302 e. The highest BCUT2D eigenvalue weighted by Gasteiger charge is 2.37. The highest BCUT2D eigenvalue weighted by Crippen LogP contribution is 2.35. The standard InChI is InChI=1S/C9H11NO3S/c1-6(11)13-4-7-3-10-8(12)2-9(10)14-5-7/h3,9H,2,4-5H2,1H3/t9-/m0/s1. The summed E-state index contributed by atoms with van der Waals surface area (Å²) in [4.78, 5) is 23.4. The zero-order valence-corrected chi connectivity index (χ0v) is 8.67. The molecule has 1 saturated heterocycles. The molecule has 0 aromatic rings. The quantitative estimate of drug-likeness (QED) is 0.501. The van der Waals surface area contributed by atoms with Gasteiger partial charge in [-0.05, 0) is 5.57 Å². The molecule has 0 radical (unpaired) electrons. The Morgan fingerprint density at radius 1 is 1.79 bits per heavy atom. The first-order valence-electron chi connectivity index (χ1n) is 4.42. The molecule has 0 saturated carbocycles. The van der Waals surface area contributed by atoms with Crippen LogP contribution in [0, 0.1) is 0 Å². The summed E-state index contributed by atoms with van der Waals surface area (Å²) in [6.45, 7) is 1.69. The largest absolute Gasteiger partial charge is 0.461 e. The Kier molecular flexibility index (Phi) is 2.50. The Bertz CT molecular complexity index is 313. The van der Waals surface area contributed by atoms with Crippen molar-refractivity contribution in [3.63, 3.8) is 0 Å². The molecule has 4 nitrogen and oxygen atoms in total. The smallest absolute Gasteiger partial charge is 0.302 e.